The van der Waals surface area contributed by atoms with Gasteiger partial charge in [0.2, 0.25) is 0 Å². The van der Waals surface area contributed by atoms with Gasteiger partial charge in [-0.05, 0) is 37.3 Å². The molecule has 2 N–H and O–H groups in total. The van der Waals surface area contributed by atoms with Gasteiger partial charge in [0.25, 0.3) is 5.91 Å². The predicted octanol–water partition coefficient (Wildman–Crippen LogP) is 4.43. The van der Waals surface area contributed by atoms with Crippen molar-refractivity contribution >= 4 is 28.6 Å². The normalized spacial score (nSPS) is 11.6. The molecule has 1 atom stereocenters. The van der Waals surface area contributed by atoms with Crippen LogP contribution in [-0.2, 0) is 9.53 Å². The first-order chi connectivity index (χ1) is 16.0. The molecular formula is C25H23N3O5. The number of fused-ring (bicyclic) bond motifs is 1. The number of nitrogens with one attached hydrogen (secondary N) is 2. The molecule has 0 radical (unpaired) electrons. The van der Waals surface area contributed by atoms with Crippen LogP contribution in [0, 0.1) is 0 Å². The maximum atomic E-state index is 13.0. The van der Waals surface area contributed by atoms with Crippen molar-refractivity contribution in [2.24, 2.45) is 0 Å². The van der Waals surface area contributed by atoms with Gasteiger partial charge in [-0.3, -0.25) is 4.79 Å². The monoisotopic (exact) mass is 445 g/mol. The SMILES string of the molecule is COc1ccc(OC)c(NC(=O)C(C)OC(=O)c2ccccc2-c2nc3ccccc3[nH]2)c1. The second kappa shape index (κ2) is 9.44. The Balaban J connectivity index is 1.52. The topological polar surface area (TPSA) is 103 Å². The summed E-state index contributed by atoms with van der Waals surface area (Å²) < 4.78 is 15.9. The molecule has 0 saturated heterocycles. The lowest BCUT2D eigenvalue weighted by atomic mass is 10.1. The molecule has 1 amide bonds. The van der Waals surface area contributed by atoms with Crippen molar-refractivity contribution in [3.63, 3.8) is 0 Å². The van der Waals surface area contributed by atoms with Crippen molar-refractivity contribution in [2.75, 3.05) is 19.5 Å². The molecule has 0 bridgehead atoms. The fourth-order valence-electron chi connectivity index (χ4n) is 3.37. The first-order valence-corrected chi connectivity index (χ1v) is 10.3. The molecule has 0 aliphatic carbocycles. The number of aromatic amines is 1. The van der Waals surface area contributed by atoms with Crippen LogP contribution in [-0.4, -0.2) is 42.2 Å². The van der Waals surface area contributed by atoms with Crippen molar-refractivity contribution in [1.29, 1.82) is 0 Å². The summed E-state index contributed by atoms with van der Waals surface area (Å²) in [5.41, 5.74) is 2.94. The van der Waals surface area contributed by atoms with Crippen LogP contribution in [0.25, 0.3) is 22.4 Å². The number of benzene rings is 3. The summed E-state index contributed by atoms with van der Waals surface area (Å²) >= 11 is 0. The van der Waals surface area contributed by atoms with Crippen LogP contribution in [0.1, 0.15) is 17.3 Å². The van der Waals surface area contributed by atoms with E-state index in [-0.39, 0.29) is 0 Å². The Morgan fingerprint density at radius 2 is 1.73 bits per heavy atom. The standard InChI is InChI=1S/C25H23N3O5/c1-15(24(29)28-21-14-16(31-2)12-13-22(21)32-3)33-25(30)18-9-5-4-8-17(18)23-26-19-10-6-7-11-20(19)27-23/h4-15H,1-3H3,(H,26,27)(H,28,29). The van der Waals surface area contributed by atoms with Crippen LogP contribution in [0.5, 0.6) is 11.5 Å². The van der Waals surface area contributed by atoms with Crippen molar-refractivity contribution < 1.29 is 23.8 Å². The summed E-state index contributed by atoms with van der Waals surface area (Å²) in [6.07, 6.45) is -1.06. The van der Waals surface area contributed by atoms with Gasteiger partial charge in [-0.15, -0.1) is 0 Å². The largest absolute Gasteiger partial charge is 0.497 e. The van der Waals surface area contributed by atoms with Gasteiger partial charge in [0.05, 0.1) is 36.5 Å². The lowest BCUT2D eigenvalue weighted by Gasteiger charge is -2.16. The lowest BCUT2D eigenvalue weighted by Crippen LogP contribution is -2.30. The number of hydrogen-bond donors (Lipinski definition) is 2. The van der Waals surface area contributed by atoms with Crippen LogP contribution in [0.3, 0.4) is 0 Å². The van der Waals surface area contributed by atoms with E-state index in [1.165, 1.54) is 21.1 Å². The van der Waals surface area contributed by atoms with Crippen LogP contribution in [0.4, 0.5) is 5.69 Å². The van der Waals surface area contributed by atoms with E-state index in [0.717, 1.165) is 11.0 Å². The van der Waals surface area contributed by atoms with Crippen molar-refractivity contribution in [2.45, 2.75) is 13.0 Å². The summed E-state index contributed by atoms with van der Waals surface area (Å²) in [6.45, 7) is 1.50. The molecule has 0 saturated carbocycles. The maximum absolute atomic E-state index is 13.0. The highest BCUT2D eigenvalue weighted by Crippen LogP contribution is 2.29. The number of para-hydroxylation sites is 2. The van der Waals surface area contributed by atoms with Gasteiger partial charge in [0, 0.05) is 11.6 Å². The minimum Gasteiger partial charge on any atom is -0.497 e. The summed E-state index contributed by atoms with van der Waals surface area (Å²) in [5, 5.41) is 2.72. The average Bonchev–Trinajstić information content (AvgIpc) is 3.28. The number of H-pyrrole nitrogens is 1. The number of nitrogens with zero attached hydrogens (tertiary/aromatic N) is 1. The Bertz CT molecular complexity index is 1280. The Hall–Kier alpha value is -4.33. The van der Waals surface area contributed by atoms with Gasteiger partial charge in [0.15, 0.2) is 6.10 Å². The average molecular weight is 445 g/mol. The van der Waals surface area contributed by atoms with E-state index < -0.39 is 18.0 Å². The number of esters is 1. The van der Waals surface area contributed by atoms with Gasteiger partial charge in [-0.2, -0.15) is 0 Å². The van der Waals surface area contributed by atoms with E-state index in [9.17, 15) is 9.59 Å². The number of aromatic nitrogens is 2. The molecule has 1 aromatic heterocycles. The number of amides is 1. The van der Waals surface area contributed by atoms with E-state index in [0.29, 0.717) is 34.1 Å². The third-order valence-electron chi connectivity index (χ3n) is 5.11. The Labute approximate surface area is 190 Å². The lowest BCUT2D eigenvalue weighted by molar-refractivity contribution is -0.123. The zero-order valence-corrected chi connectivity index (χ0v) is 18.4. The number of carbonyl (C=O) groups is 2. The molecule has 8 nitrogen and oxygen atoms in total. The fourth-order valence-corrected chi connectivity index (χ4v) is 3.37. The first-order valence-electron chi connectivity index (χ1n) is 10.3. The highest BCUT2D eigenvalue weighted by atomic mass is 16.5. The Kier molecular flexibility index (Phi) is 6.26. The van der Waals surface area contributed by atoms with Gasteiger partial charge in [-0.1, -0.05) is 30.3 Å². The molecule has 8 heteroatoms. The van der Waals surface area contributed by atoms with E-state index in [1.807, 2.05) is 30.3 Å². The smallest absolute Gasteiger partial charge is 0.339 e. The first kappa shape index (κ1) is 21.9. The van der Waals surface area contributed by atoms with Crippen molar-refractivity contribution in [3.05, 3.63) is 72.3 Å². The summed E-state index contributed by atoms with van der Waals surface area (Å²) in [5.74, 6) is 0.415. The molecule has 0 aliphatic rings. The number of methoxy groups -OCH3 is 2. The second-order valence-electron chi connectivity index (χ2n) is 7.25. The summed E-state index contributed by atoms with van der Waals surface area (Å²) in [4.78, 5) is 33.5. The molecular weight excluding hydrogens is 422 g/mol. The van der Waals surface area contributed by atoms with Crippen LogP contribution >= 0.6 is 0 Å². The van der Waals surface area contributed by atoms with Gasteiger partial charge in [-0.25, -0.2) is 9.78 Å². The molecule has 0 spiro atoms. The molecule has 1 unspecified atom stereocenters. The third kappa shape index (κ3) is 4.64. The van der Waals surface area contributed by atoms with E-state index >= 15 is 0 Å². The number of carbonyl (C=O) groups excluding carboxylic acids is 2. The predicted molar refractivity (Wildman–Crippen MR) is 125 cm³/mol. The van der Waals surface area contributed by atoms with Gasteiger partial charge >= 0.3 is 5.97 Å². The van der Waals surface area contributed by atoms with Crippen LogP contribution in [0.2, 0.25) is 0 Å². The van der Waals surface area contributed by atoms with Gasteiger partial charge in [0.1, 0.15) is 17.3 Å². The second-order valence-corrected chi connectivity index (χ2v) is 7.25. The van der Waals surface area contributed by atoms with Crippen molar-refractivity contribution in [3.8, 4) is 22.9 Å². The van der Waals surface area contributed by atoms with Crippen molar-refractivity contribution in [1.82, 2.24) is 9.97 Å². The number of anilines is 1. The maximum Gasteiger partial charge on any atom is 0.339 e. The molecule has 168 valence electrons. The zero-order chi connectivity index (χ0) is 23.4. The number of rotatable bonds is 7. The highest BCUT2D eigenvalue weighted by Gasteiger charge is 2.23. The minimum atomic E-state index is -1.06. The number of ether oxygens (including phenoxy) is 3. The fraction of sp³-hybridized carbons (Fsp3) is 0.160. The molecule has 4 rings (SSSR count). The van der Waals surface area contributed by atoms with E-state index in [1.54, 1.807) is 36.4 Å². The summed E-state index contributed by atoms with van der Waals surface area (Å²) in [7, 11) is 3.02. The Morgan fingerprint density at radius 1 is 0.970 bits per heavy atom. The van der Waals surface area contributed by atoms with Crippen LogP contribution in [0.15, 0.2) is 66.7 Å². The molecule has 0 aliphatic heterocycles. The molecule has 4 aromatic rings. The Morgan fingerprint density at radius 3 is 2.48 bits per heavy atom. The molecule has 33 heavy (non-hydrogen) atoms. The number of imidazole rings is 1. The third-order valence-corrected chi connectivity index (χ3v) is 5.11. The van der Waals surface area contributed by atoms with E-state index in [4.69, 9.17) is 14.2 Å². The van der Waals surface area contributed by atoms with Crippen LogP contribution < -0.4 is 14.8 Å². The zero-order valence-electron chi connectivity index (χ0n) is 18.4. The molecule has 3 aromatic carbocycles. The minimum absolute atomic E-state index is 0.301. The molecule has 0 fully saturated rings. The highest BCUT2D eigenvalue weighted by molar-refractivity contribution is 6.01. The summed E-state index contributed by atoms with van der Waals surface area (Å²) in [6, 6.07) is 19.6. The van der Waals surface area contributed by atoms with E-state index in [2.05, 4.69) is 15.3 Å². The van der Waals surface area contributed by atoms with Gasteiger partial charge < -0.3 is 24.5 Å². The molecule has 1 heterocycles. The number of hydrogen-bond acceptors (Lipinski definition) is 6. The quantitative estimate of drug-likeness (QED) is 0.408.